The Kier molecular flexibility index (Phi) is 5.03. The molecule has 18 heavy (non-hydrogen) atoms. The molecule has 3 heteroatoms. The van der Waals surface area contributed by atoms with Crippen molar-refractivity contribution in [3.63, 3.8) is 0 Å². The molecule has 0 radical (unpaired) electrons. The SMILES string of the molecule is CCC(C#N)(CCCN1CCCCC1)NC1CC1. The summed E-state index contributed by atoms with van der Waals surface area (Å²) >= 11 is 0. The summed E-state index contributed by atoms with van der Waals surface area (Å²) in [7, 11) is 0. The summed E-state index contributed by atoms with van der Waals surface area (Å²) in [6, 6.07) is 3.17. The number of likely N-dealkylation sites (tertiary alicyclic amines) is 1. The zero-order valence-corrected chi connectivity index (χ0v) is 11.7. The molecular formula is C15H27N3. The molecule has 1 atom stereocenters. The summed E-state index contributed by atoms with van der Waals surface area (Å²) in [4.78, 5) is 2.57. The average molecular weight is 249 g/mol. The second-order valence-corrected chi connectivity index (χ2v) is 5.97. The maximum atomic E-state index is 9.46. The van der Waals surface area contributed by atoms with E-state index in [1.165, 1.54) is 51.7 Å². The molecule has 1 heterocycles. The van der Waals surface area contributed by atoms with E-state index in [1.54, 1.807) is 0 Å². The van der Waals surface area contributed by atoms with E-state index in [0.717, 1.165) is 19.3 Å². The van der Waals surface area contributed by atoms with Gasteiger partial charge >= 0.3 is 0 Å². The van der Waals surface area contributed by atoms with Gasteiger partial charge in [-0.25, -0.2) is 0 Å². The van der Waals surface area contributed by atoms with Gasteiger partial charge in [0.15, 0.2) is 0 Å². The van der Waals surface area contributed by atoms with Gasteiger partial charge in [-0.2, -0.15) is 5.26 Å². The van der Waals surface area contributed by atoms with Gasteiger partial charge in [0.05, 0.1) is 6.07 Å². The molecule has 0 aromatic rings. The molecule has 0 amide bonds. The van der Waals surface area contributed by atoms with E-state index in [4.69, 9.17) is 0 Å². The molecule has 1 N–H and O–H groups in total. The monoisotopic (exact) mass is 249 g/mol. The van der Waals surface area contributed by atoms with Crippen molar-refractivity contribution in [2.45, 2.75) is 69.9 Å². The Morgan fingerprint density at radius 2 is 2.00 bits per heavy atom. The van der Waals surface area contributed by atoms with Gasteiger partial charge in [0.1, 0.15) is 5.54 Å². The second kappa shape index (κ2) is 6.54. The quantitative estimate of drug-likeness (QED) is 0.754. The molecule has 1 unspecified atom stereocenters. The van der Waals surface area contributed by atoms with Crippen LogP contribution in [0.2, 0.25) is 0 Å². The van der Waals surface area contributed by atoms with Gasteiger partial charge in [-0.15, -0.1) is 0 Å². The minimum absolute atomic E-state index is 0.253. The summed E-state index contributed by atoms with van der Waals surface area (Å²) in [5, 5.41) is 13.0. The van der Waals surface area contributed by atoms with Crippen molar-refractivity contribution in [2.24, 2.45) is 0 Å². The summed E-state index contributed by atoms with van der Waals surface area (Å²) in [6.07, 6.45) is 9.73. The summed E-state index contributed by atoms with van der Waals surface area (Å²) in [5.74, 6) is 0. The Labute approximate surface area is 112 Å². The summed E-state index contributed by atoms with van der Waals surface area (Å²) in [6.45, 7) is 5.85. The zero-order chi connectivity index (χ0) is 12.8. The molecule has 0 aromatic carbocycles. The Hall–Kier alpha value is -0.590. The topological polar surface area (TPSA) is 39.1 Å². The van der Waals surface area contributed by atoms with Crippen LogP contribution in [0.15, 0.2) is 0 Å². The van der Waals surface area contributed by atoms with Gasteiger partial charge in [-0.05, 0) is 64.6 Å². The highest BCUT2D eigenvalue weighted by molar-refractivity contribution is 5.09. The molecule has 2 aliphatic rings. The number of nitriles is 1. The largest absolute Gasteiger partial charge is 0.303 e. The fraction of sp³-hybridized carbons (Fsp3) is 0.933. The fourth-order valence-electron chi connectivity index (χ4n) is 2.92. The first-order valence-corrected chi connectivity index (χ1v) is 7.69. The number of piperidine rings is 1. The number of nitrogens with one attached hydrogen (secondary N) is 1. The van der Waals surface area contributed by atoms with Crippen LogP contribution in [0.25, 0.3) is 0 Å². The lowest BCUT2D eigenvalue weighted by Crippen LogP contribution is -2.45. The van der Waals surface area contributed by atoms with Crippen LogP contribution < -0.4 is 5.32 Å². The van der Waals surface area contributed by atoms with E-state index < -0.39 is 0 Å². The van der Waals surface area contributed by atoms with Gasteiger partial charge in [0.25, 0.3) is 0 Å². The molecule has 2 rings (SSSR count). The van der Waals surface area contributed by atoms with Crippen LogP contribution in [0.4, 0.5) is 0 Å². The van der Waals surface area contributed by atoms with E-state index in [0.29, 0.717) is 6.04 Å². The molecule has 0 bridgehead atoms. The first-order chi connectivity index (χ1) is 8.78. The predicted molar refractivity (Wildman–Crippen MR) is 74.3 cm³/mol. The first kappa shape index (κ1) is 13.8. The Balaban J connectivity index is 1.72. The number of hydrogen-bond donors (Lipinski definition) is 1. The first-order valence-electron chi connectivity index (χ1n) is 7.69. The lowest BCUT2D eigenvalue weighted by molar-refractivity contribution is 0.215. The van der Waals surface area contributed by atoms with Gasteiger partial charge in [0, 0.05) is 6.04 Å². The molecule has 1 saturated heterocycles. The van der Waals surface area contributed by atoms with Crippen LogP contribution in [0.3, 0.4) is 0 Å². The Morgan fingerprint density at radius 1 is 1.28 bits per heavy atom. The van der Waals surface area contributed by atoms with Crippen molar-refractivity contribution >= 4 is 0 Å². The summed E-state index contributed by atoms with van der Waals surface area (Å²) < 4.78 is 0. The van der Waals surface area contributed by atoms with Crippen molar-refractivity contribution < 1.29 is 0 Å². The van der Waals surface area contributed by atoms with Crippen LogP contribution in [-0.2, 0) is 0 Å². The number of nitrogens with zero attached hydrogens (tertiary/aromatic N) is 2. The highest BCUT2D eigenvalue weighted by Gasteiger charge is 2.34. The van der Waals surface area contributed by atoms with Gasteiger partial charge in [-0.3, -0.25) is 5.32 Å². The molecule has 1 aliphatic heterocycles. The van der Waals surface area contributed by atoms with Gasteiger partial charge in [0.2, 0.25) is 0 Å². The van der Waals surface area contributed by atoms with Crippen molar-refractivity contribution in [1.29, 1.82) is 5.26 Å². The molecule has 1 saturated carbocycles. The standard InChI is InChI=1S/C15H27N3/c1-2-15(13-16,17-14-7-8-14)9-6-12-18-10-4-3-5-11-18/h14,17H,2-12H2,1H3. The third-order valence-electron chi connectivity index (χ3n) is 4.40. The maximum absolute atomic E-state index is 9.46. The van der Waals surface area contributed by atoms with Crippen molar-refractivity contribution in [3.05, 3.63) is 0 Å². The average Bonchev–Trinajstić information content (AvgIpc) is 3.23. The zero-order valence-electron chi connectivity index (χ0n) is 11.7. The maximum Gasteiger partial charge on any atom is 0.106 e. The van der Waals surface area contributed by atoms with Crippen LogP contribution in [0.5, 0.6) is 0 Å². The third kappa shape index (κ3) is 3.96. The lowest BCUT2D eigenvalue weighted by Gasteiger charge is -2.30. The van der Waals surface area contributed by atoms with E-state index in [-0.39, 0.29) is 5.54 Å². The van der Waals surface area contributed by atoms with Crippen molar-refractivity contribution in [1.82, 2.24) is 10.2 Å². The number of hydrogen-bond acceptors (Lipinski definition) is 3. The molecule has 102 valence electrons. The molecule has 3 nitrogen and oxygen atoms in total. The van der Waals surface area contributed by atoms with Crippen molar-refractivity contribution in [3.8, 4) is 6.07 Å². The Morgan fingerprint density at radius 3 is 2.56 bits per heavy atom. The minimum atomic E-state index is -0.253. The van der Waals surface area contributed by atoms with E-state index in [9.17, 15) is 5.26 Å². The predicted octanol–water partition coefficient (Wildman–Crippen LogP) is 2.68. The highest BCUT2D eigenvalue weighted by Crippen LogP contribution is 2.26. The molecule has 1 aliphatic carbocycles. The highest BCUT2D eigenvalue weighted by atomic mass is 15.1. The fourth-order valence-corrected chi connectivity index (χ4v) is 2.92. The lowest BCUT2D eigenvalue weighted by atomic mass is 9.91. The van der Waals surface area contributed by atoms with E-state index in [2.05, 4.69) is 23.2 Å². The van der Waals surface area contributed by atoms with Gasteiger partial charge in [-0.1, -0.05) is 13.3 Å². The molecular weight excluding hydrogens is 222 g/mol. The van der Waals surface area contributed by atoms with Gasteiger partial charge < -0.3 is 4.90 Å². The third-order valence-corrected chi connectivity index (χ3v) is 4.40. The Bertz CT molecular complexity index is 287. The summed E-state index contributed by atoms with van der Waals surface area (Å²) in [5.41, 5.74) is -0.253. The normalized spacial score (nSPS) is 24.4. The molecule has 0 spiro atoms. The second-order valence-electron chi connectivity index (χ2n) is 5.97. The van der Waals surface area contributed by atoms with Crippen LogP contribution in [0, 0.1) is 11.3 Å². The van der Waals surface area contributed by atoms with E-state index in [1.807, 2.05) is 0 Å². The van der Waals surface area contributed by atoms with Crippen molar-refractivity contribution in [2.75, 3.05) is 19.6 Å². The smallest absolute Gasteiger partial charge is 0.106 e. The van der Waals surface area contributed by atoms with Crippen LogP contribution in [0.1, 0.15) is 58.3 Å². The van der Waals surface area contributed by atoms with Crippen LogP contribution in [-0.4, -0.2) is 36.1 Å². The van der Waals surface area contributed by atoms with Crippen LogP contribution >= 0.6 is 0 Å². The molecule has 2 fully saturated rings. The molecule has 0 aromatic heterocycles. The number of rotatable bonds is 7. The minimum Gasteiger partial charge on any atom is -0.303 e. The van der Waals surface area contributed by atoms with E-state index >= 15 is 0 Å².